The van der Waals surface area contributed by atoms with E-state index >= 15 is 0 Å². The minimum atomic E-state index is -4.30. The van der Waals surface area contributed by atoms with Gasteiger partial charge in [0.1, 0.15) is 0 Å². The SMILES string of the molecule is Nc1ccc2oc(=O)n(CCSC(F)(F)F)c2c1. The summed E-state index contributed by atoms with van der Waals surface area (Å²) in [5.74, 6) is -0.939. The minimum absolute atomic E-state index is 0.0839. The second-order valence-electron chi connectivity index (χ2n) is 3.54. The Morgan fingerprint density at radius 2 is 2.11 bits per heavy atom. The van der Waals surface area contributed by atoms with Gasteiger partial charge in [-0.3, -0.25) is 4.57 Å². The number of nitrogens with two attached hydrogens (primary N) is 1. The number of alkyl halides is 3. The number of nitrogens with zero attached hydrogens (tertiary/aromatic N) is 1. The number of aryl methyl sites for hydroxylation is 1. The summed E-state index contributed by atoms with van der Waals surface area (Å²) in [6.45, 7) is -0.0839. The van der Waals surface area contributed by atoms with Crippen molar-refractivity contribution in [3.8, 4) is 0 Å². The Labute approximate surface area is 104 Å². The Morgan fingerprint density at radius 3 is 2.78 bits per heavy atom. The molecule has 2 N–H and O–H groups in total. The standard InChI is InChI=1S/C10H9F3N2O2S/c11-10(12,13)18-4-3-15-7-5-6(14)1-2-8(7)17-9(15)16/h1-2,5H,3-4,14H2. The molecule has 98 valence electrons. The molecule has 0 unspecified atom stereocenters. The molecule has 4 nitrogen and oxygen atoms in total. The number of anilines is 1. The van der Waals surface area contributed by atoms with E-state index in [1.165, 1.54) is 12.1 Å². The Balaban J connectivity index is 2.25. The lowest BCUT2D eigenvalue weighted by Gasteiger charge is -2.05. The van der Waals surface area contributed by atoms with Crippen LogP contribution in [0, 0.1) is 0 Å². The van der Waals surface area contributed by atoms with Gasteiger partial charge < -0.3 is 10.2 Å². The van der Waals surface area contributed by atoms with Gasteiger partial charge in [0.25, 0.3) is 0 Å². The molecule has 8 heteroatoms. The summed E-state index contributed by atoms with van der Waals surface area (Å²) < 4.78 is 42.0. The van der Waals surface area contributed by atoms with E-state index in [-0.39, 0.29) is 24.1 Å². The lowest BCUT2D eigenvalue weighted by atomic mass is 10.3. The van der Waals surface area contributed by atoms with Gasteiger partial charge in [0.05, 0.1) is 5.52 Å². The maximum absolute atomic E-state index is 12.0. The molecular weight excluding hydrogens is 269 g/mol. The van der Waals surface area contributed by atoms with Crippen LogP contribution in [-0.2, 0) is 6.54 Å². The molecule has 0 aliphatic carbocycles. The maximum Gasteiger partial charge on any atom is 0.441 e. The maximum atomic E-state index is 12.0. The van der Waals surface area contributed by atoms with E-state index in [4.69, 9.17) is 10.2 Å². The quantitative estimate of drug-likeness (QED) is 0.876. The zero-order chi connectivity index (χ0) is 13.3. The van der Waals surface area contributed by atoms with Crippen molar-refractivity contribution in [2.75, 3.05) is 11.5 Å². The van der Waals surface area contributed by atoms with E-state index in [9.17, 15) is 18.0 Å². The van der Waals surface area contributed by atoms with Gasteiger partial charge in [-0.1, -0.05) is 0 Å². The van der Waals surface area contributed by atoms with Crippen LogP contribution in [0.3, 0.4) is 0 Å². The van der Waals surface area contributed by atoms with Gasteiger partial charge in [0.2, 0.25) is 0 Å². The van der Waals surface area contributed by atoms with Crippen molar-refractivity contribution in [3.63, 3.8) is 0 Å². The molecule has 2 rings (SSSR count). The van der Waals surface area contributed by atoms with Gasteiger partial charge >= 0.3 is 11.3 Å². The average Bonchev–Trinajstić information content (AvgIpc) is 2.54. The van der Waals surface area contributed by atoms with Crippen molar-refractivity contribution in [1.82, 2.24) is 4.57 Å². The molecule has 0 aliphatic rings. The number of oxazole rings is 1. The van der Waals surface area contributed by atoms with Crippen LogP contribution in [0.5, 0.6) is 0 Å². The highest BCUT2D eigenvalue weighted by Gasteiger charge is 2.27. The van der Waals surface area contributed by atoms with E-state index in [2.05, 4.69) is 0 Å². The van der Waals surface area contributed by atoms with Crippen molar-refractivity contribution in [1.29, 1.82) is 0 Å². The number of hydrogen-bond donors (Lipinski definition) is 1. The predicted molar refractivity (Wildman–Crippen MR) is 63.4 cm³/mol. The van der Waals surface area contributed by atoms with Crippen molar-refractivity contribution in [3.05, 3.63) is 28.7 Å². The number of thioether (sulfide) groups is 1. The monoisotopic (exact) mass is 278 g/mol. The van der Waals surface area contributed by atoms with Crippen molar-refractivity contribution >= 4 is 28.5 Å². The van der Waals surface area contributed by atoms with Gasteiger partial charge in [-0.2, -0.15) is 13.2 Å². The fourth-order valence-electron chi connectivity index (χ4n) is 1.54. The van der Waals surface area contributed by atoms with E-state index in [1.807, 2.05) is 0 Å². The summed E-state index contributed by atoms with van der Waals surface area (Å²) in [4.78, 5) is 11.5. The van der Waals surface area contributed by atoms with Crippen LogP contribution >= 0.6 is 11.8 Å². The Kier molecular flexibility index (Phi) is 3.29. The molecule has 0 radical (unpaired) electrons. The smallest absolute Gasteiger partial charge is 0.408 e. The van der Waals surface area contributed by atoms with E-state index < -0.39 is 11.3 Å². The first-order valence-corrected chi connectivity index (χ1v) is 5.95. The average molecular weight is 278 g/mol. The number of halogens is 3. The molecule has 1 aromatic heterocycles. The zero-order valence-corrected chi connectivity index (χ0v) is 9.85. The Bertz CT molecular complexity index is 618. The summed E-state index contributed by atoms with van der Waals surface area (Å²) in [6.07, 6.45) is 0. The van der Waals surface area contributed by atoms with Gasteiger partial charge in [-0.05, 0) is 30.0 Å². The first-order valence-electron chi connectivity index (χ1n) is 4.96. The largest absolute Gasteiger partial charge is 0.441 e. The summed E-state index contributed by atoms with van der Waals surface area (Å²) in [5, 5.41) is 0. The molecule has 1 aromatic carbocycles. The lowest BCUT2D eigenvalue weighted by molar-refractivity contribution is -0.0328. The van der Waals surface area contributed by atoms with Crippen LogP contribution in [0.15, 0.2) is 27.4 Å². The first kappa shape index (κ1) is 12.9. The molecule has 0 saturated heterocycles. The summed E-state index contributed by atoms with van der Waals surface area (Å²) in [7, 11) is 0. The molecule has 0 amide bonds. The van der Waals surface area contributed by atoms with Gasteiger partial charge in [-0.15, -0.1) is 0 Å². The molecule has 0 spiro atoms. The van der Waals surface area contributed by atoms with E-state index in [0.717, 1.165) is 4.57 Å². The molecule has 0 saturated carbocycles. The predicted octanol–water partition coefficient (Wildman–Crippen LogP) is 2.43. The molecular formula is C10H9F3N2O2S. The highest BCUT2D eigenvalue weighted by molar-refractivity contribution is 8.00. The Hall–Kier alpha value is -1.57. The number of fused-ring (bicyclic) bond motifs is 1. The number of aromatic nitrogens is 1. The third-order valence-corrected chi connectivity index (χ3v) is 2.99. The molecule has 0 aliphatic heterocycles. The fraction of sp³-hybridized carbons (Fsp3) is 0.300. The van der Waals surface area contributed by atoms with Crippen LogP contribution in [0.2, 0.25) is 0 Å². The third-order valence-electron chi connectivity index (χ3n) is 2.27. The fourth-order valence-corrected chi connectivity index (χ4v) is 2.05. The molecule has 18 heavy (non-hydrogen) atoms. The molecule has 2 aromatic rings. The summed E-state index contributed by atoms with van der Waals surface area (Å²) in [6, 6.07) is 4.57. The number of benzene rings is 1. The topological polar surface area (TPSA) is 61.2 Å². The molecule has 0 bridgehead atoms. The van der Waals surface area contributed by atoms with Crippen LogP contribution in [0.1, 0.15) is 0 Å². The lowest BCUT2D eigenvalue weighted by Crippen LogP contribution is -2.16. The highest BCUT2D eigenvalue weighted by Crippen LogP contribution is 2.30. The second kappa shape index (κ2) is 4.60. The molecule has 0 atom stereocenters. The van der Waals surface area contributed by atoms with Crippen molar-refractivity contribution < 1.29 is 17.6 Å². The highest BCUT2D eigenvalue weighted by atomic mass is 32.2. The summed E-state index contributed by atoms with van der Waals surface area (Å²) >= 11 is -0.179. The van der Waals surface area contributed by atoms with E-state index in [1.54, 1.807) is 6.07 Å². The van der Waals surface area contributed by atoms with Gasteiger partial charge in [0.15, 0.2) is 5.58 Å². The van der Waals surface area contributed by atoms with Crippen LogP contribution < -0.4 is 11.5 Å². The normalized spacial score (nSPS) is 12.2. The van der Waals surface area contributed by atoms with Crippen molar-refractivity contribution in [2.45, 2.75) is 12.1 Å². The van der Waals surface area contributed by atoms with Crippen LogP contribution in [0.25, 0.3) is 11.1 Å². The van der Waals surface area contributed by atoms with E-state index in [0.29, 0.717) is 16.8 Å². The van der Waals surface area contributed by atoms with Crippen molar-refractivity contribution in [2.24, 2.45) is 0 Å². The van der Waals surface area contributed by atoms with Crippen LogP contribution in [-0.4, -0.2) is 15.8 Å². The number of rotatable bonds is 3. The van der Waals surface area contributed by atoms with Crippen LogP contribution in [0.4, 0.5) is 18.9 Å². The molecule has 1 heterocycles. The van der Waals surface area contributed by atoms with Gasteiger partial charge in [-0.25, -0.2) is 4.79 Å². The van der Waals surface area contributed by atoms with Gasteiger partial charge in [0, 0.05) is 18.0 Å². The Morgan fingerprint density at radius 1 is 1.39 bits per heavy atom. The third kappa shape index (κ3) is 2.81. The minimum Gasteiger partial charge on any atom is -0.408 e. The molecule has 0 fully saturated rings. The number of nitrogen functional groups attached to an aromatic ring is 1. The second-order valence-corrected chi connectivity index (χ2v) is 4.70. The zero-order valence-electron chi connectivity index (χ0n) is 9.03. The first-order chi connectivity index (χ1) is 8.37. The summed E-state index contributed by atoms with van der Waals surface area (Å²) in [5.41, 5.74) is 2.39. The number of hydrogen-bond acceptors (Lipinski definition) is 4.